The summed E-state index contributed by atoms with van der Waals surface area (Å²) in [5, 5.41) is 4.91. The predicted octanol–water partition coefficient (Wildman–Crippen LogP) is 5.62. The number of thiophene rings is 1. The Morgan fingerprint density at radius 2 is 1.43 bits per heavy atom. The minimum absolute atomic E-state index is 0. The molecule has 1 fully saturated rings. The summed E-state index contributed by atoms with van der Waals surface area (Å²) >= 11 is 1.32. The number of hydrogen-bond acceptors (Lipinski definition) is 3. The number of rotatable bonds is 3. The number of piperazine rings is 1. The highest BCUT2D eigenvalue weighted by Gasteiger charge is 2.38. The van der Waals surface area contributed by atoms with E-state index in [0.29, 0.717) is 26.2 Å². The van der Waals surface area contributed by atoms with Gasteiger partial charge in [-0.25, -0.2) is 0 Å². The largest absolute Gasteiger partial charge is 0.416 e. The van der Waals surface area contributed by atoms with Gasteiger partial charge in [-0.1, -0.05) is 6.07 Å². The van der Waals surface area contributed by atoms with Crippen LogP contribution in [0.2, 0.25) is 0 Å². The van der Waals surface area contributed by atoms with E-state index in [4.69, 9.17) is 0 Å². The Morgan fingerprint density at radius 3 is 1.86 bits per heavy atom. The van der Waals surface area contributed by atoms with E-state index in [0.717, 1.165) is 17.0 Å². The first-order chi connectivity index (χ1) is 12.2. The van der Waals surface area contributed by atoms with Crippen LogP contribution in [-0.2, 0) is 12.4 Å². The molecule has 0 amide bonds. The standard InChI is InChI=1S/C17H16F6N2S.2ClH/c18-16(19,20)12-8-11(9-13(10-12)17(21,22)23)15(14-2-1-7-26-14)25-5-3-24-4-6-25;;/h1-2,7-10,15,24H,3-6H2;2*1H/t15-;;/m0../s1. The quantitative estimate of drug-likeness (QED) is 0.590. The third-order valence-corrected chi connectivity index (χ3v) is 5.18. The van der Waals surface area contributed by atoms with E-state index >= 15 is 0 Å². The van der Waals surface area contributed by atoms with Crippen LogP contribution in [0.3, 0.4) is 0 Å². The van der Waals surface area contributed by atoms with Gasteiger partial charge in [-0.3, -0.25) is 4.90 Å². The van der Waals surface area contributed by atoms with Gasteiger partial charge in [0.05, 0.1) is 17.2 Å². The lowest BCUT2D eigenvalue weighted by Gasteiger charge is -2.35. The second kappa shape index (κ2) is 9.67. The van der Waals surface area contributed by atoms with Crippen LogP contribution in [-0.4, -0.2) is 31.1 Å². The van der Waals surface area contributed by atoms with Crippen LogP contribution in [0.1, 0.15) is 27.6 Å². The molecule has 11 heteroatoms. The van der Waals surface area contributed by atoms with E-state index in [1.54, 1.807) is 17.5 Å². The molecule has 1 saturated heterocycles. The average Bonchev–Trinajstić information content (AvgIpc) is 3.08. The smallest absolute Gasteiger partial charge is 0.314 e. The molecule has 2 nitrogen and oxygen atoms in total. The monoisotopic (exact) mass is 466 g/mol. The minimum atomic E-state index is -4.85. The molecule has 1 aromatic heterocycles. The predicted molar refractivity (Wildman–Crippen MR) is 102 cm³/mol. The molecule has 0 unspecified atom stereocenters. The third-order valence-electron chi connectivity index (χ3n) is 4.26. The highest BCUT2D eigenvalue weighted by atomic mass is 35.5. The van der Waals surface area contributed by atoms with E-state index < -0.39 is 29.5 Å². The lowest BCUT2D eigenvalue weighted by molar-refractivity contribution is -0.143. The van der Waals surface area contributed by atoms with Gasteiger partial charge in [0.2, 0.25) is 0 Å². The normalized spacial score (nSPS) is 16.8. The molecule has 1 N–H and O–H groups in total. The topological polar surface area (TPSA) is 15.3 Å². The van der Waals surface area contributed by atoms with Crippen LogP contribution >= 0.6 is 36.2 Å². The molecule has 0 aliphatic carbocycles. The van der Waals surface area contributed by atoms with Crippen molar-refractivity contribution in [1.82, 2.24) is 10.2 Å². The maximum absolute atomic E-state index is 13.2. The molecule has 2 aromatic rings. The molecule has 1 atom stereocenters. The van der Waals surface area contributed by atoms with Crippen LogP contribution in [0, 0.1) is 0 Å². The number of benzene rings is 1. The van der Waals surface area contributed by atoms with E-state index in [1.165, 1.54) is 11.3 Å². The first kappa shape index (κ1) is 25.0. The van der Waals surface area contributed by atoms with Crippen molar-refractivity contribution in [2.75, 3.05) is 26.2 Å². The van der Waals surface area contributed by atoms with Gasteiger partial charge in [0.1, 0.15) is 0 Å². The first-order valence-electron chi connectivity index (χ1n) is 7.94. The van der Waals surface area contributed by atoms with E-state index in [1.807, 2.05) is 4.90 Å². The molecule has 0 radical (unpaired) electrons. The zero-order valence-electron chi connectivity index (χ0n) is 14.3. The number of halogens is 8. The van der Waals surface area contributed by atoms with Crippen molar-refractivity contribution in [2.45, 2.75) is 18.4 Å². The molecule has 1 aliphatic heterocycles. The zero-order chi connectivity index (χ0) is 18.9. The number of nitrogens with zero attached hydrogens (tertiary/aromatic N) is 1. The Labute approximate surface area is 174 Å². The molecule has 0 spiro atoms. The highest BCUT2D eigenvalue weighted by molar-refractivity contribution is 7.10. The molecule has 1 aromatic carbocycles. The Bertz CT molecular complexity index is 711. The molecule has 158 valence electrons. The van der Waals surface area contributed by atoms with Crippen molar-refractivity contribution in [3.05, 3.63) is 57.3 Å². The van der Waals surface area contributed by atoms with Crippen molar-refractivity contribution in [3.8, 4) is 0 Å². The first-order valence-corrected chi connectivity index (χ1v) is 8.82. The summed E-state index contributed by atoms with van der Waals surface area (Å²) in [5.41, 5.74) is -2.55. The Morgan fingerprint density at radius 1 is 0.893 bits per heavy atom. The molecule has 2 heterocycles. The van der Waals surface area contributed by atoms with E-state index in [-0.39, 0.29) is 36.4 Å². The van der Waals surface area contributed by atoms with Gasteiger partial charge in [0, 0.05) is 31.1 Å². The Hall–Kier alpha value is -1.00. The maximum atomic E-state index is 13.2. The van der Waals surface area contributed by atoms with Crippen molar-refractivity contribution in [2.24, 2.45) is 0 Å². The van der Waals surface area contributed by atoms with Crippen LogP contribution in [0.25, 0.3) is 0 Å². The van der Waals surface area contributed by atoms with Crippen molar-refractivity contribution in [1.29, 1.82) is 0 Å². The summed E-state index contributed by atoms with van der Waals surface area (Å²) in [6, 6.07) is 4.69. The molecule has 1 aliphatic rings. The molecular formula is C17H18Cl2F6N2S. The molecular weight excluding hydrogens is 449 g/mol. The highest BCUT2D eigenvalue weighted by Crippen LogP contribution is 2.40. The maximum Gasteiger partial charge on any atom is 0.416 e. The van der Waals surface area contributed by atoms with E-state index in [2.05, 4.69) is 5.32 Å². The van der Waals surface area contributed by atoms with Crippen molar-refractivity contribution >= 4 is 36.2 Å². The summed E-state index contributed by atoms with van der Waals surface area (Å²) in [4.78, 5) is 2.64. The van der Waals surface area contributed by atoms with Crippen LogP contribution in [0.4, 0.5) is 26.3 Å². The van der Waals surface area contributed by atoms with Crippen molar-refractivity contribution < 1.29 is 26.3 Å². The lowest BCUT2D eigenvalue weighted by atomic mass is 9.97. The van der Waals surface area contributed by atoms with Gasteiger partial charge in [0.25, 0.3) is 0 Å². The average molecular weight is 467 g/mol. The number of nitrogens with one attached hydrogen (secondary N) is 1. The van der Waals surface area contributed by atoms with Gasteiger partial charge >= 0.3 is 12.4 Å². The van der Waals surface area contributed by atoms with Crippen LogP contribution < -0.4 is 5.32 Å². The van der Waals surface area contributed by atoms with Crippen LogP contribution in [0.15, 0.2) is 35.7 Å². The summed E-state index contributed by atoms with van der Waals surface area (Å²) in [6.45, 7) is 2.35. The summed E-state index contributed by atoms with van der Waals surface area (Å²) in [6.07, 6.45) is -9.70. The van der Waals surface area contributed by atoms with Gasteiger partial charge < -0.3 is 5.32 Å². The van der Waals surface area contributed by atoms with Crippen molar-refractivity contribution in [3.63, 3.8) is 0 Å². The molecule has 0 saturated carbocycles. The Kier molecular flexibility index (Phi) is 8.64. The molecule has 0 bridgehead atoms. The second-order valence-corrected chi connectivity index (χ2v) is 7.02. The zero-order valence-corrected chi connectivity index (χ0v) is 16.8. The fourth-order valence-electron chi connectivity index (χ4n) is 3.08. The number of alkyl halides is 6. The van der Waals surface area contributed by atoms with Crippen LogP contribution in [0.5, 0.6) is 0 Å². The number of hydrogen-bond donors (Lipinski definition) is 1. The Balaban J connectivity index is 0.00000196. The van der Waals surface area contributed by atoms with E-state index in [9.17, 15) is 26.3 Å². The molecule has 3 rings (SSSR count). The molecule has 28 heavy (non-hydrogen) atoms. The third kappa shape index (κ3) is 5.76. The van der Waals surface area contributed by atoms with Gasteiger partial charge in [-0.2, -0.15) is 26.3 Å². The summed E-state index contributed by atoms with van der Waals surface area (Å²) < 4.78 is 79.2. The fraction of sp³-hybridized carbons (Fsp3) is 0.412. The van der Waals surface area contributed by atoms with Gasteiger partial charge in [-0.15, -0.1) is 36.2 Å². The summed E-state index contributed by atoms with van der Waals surface area (Å²) in [5.74, 6) is 0. The summed E-state index contributed by atoms with van der Waals surface area (Å²) in [7, 11) is 0. The fourth-order valence-corrected chi connectivity index (χ4v) is 3.96. The SMILES string of the molecule is Cl.Cl.FC(F)(F)c1cc([C@@H](c2cccs2)N2CCNCC2)cc(C(F)(F)F)c1. The van der Waals surface area contributed by atoms with Gasteiger partial charge in [-0.05, 0) is 35.2 Å². The van der Waals surface area contributed by atoms with Gasteiger partial charge in [0.15, 0.2) is 0 Å². The second-order valence-electron chi connectivity index (χ2n) is 6.04. The lowest BCUT2D eigenvalue weighted by Crippen LogP contribution is -2.45. The minimum Gasteiger partial charge on any atom is -0.314 e.